The highest BCUT2D eigenvalue weighted by molar-refractivity contribution is 5.89. The van der Waals surface area contributed by atoms with E-state index in [2.05, 4.69) is 10.6 Å². The Balaban J connectivity index is 2.49. The first-order chi connectivity index (χ1) is 7.63. The maximum Gasteiger partial charge on any atom is 0.319 e. The molecule has 0 atom stereocenters. The third-order valence-corrected chi connectivity index (χ3v) is 1.80. The van der Waals surface area contributed by atoms with Gasteiger partial charge in [-0.25, -0.2) is 13.6 Å². The van der Waals surface area contributed by atoms with E-state index in [0.717, 1.165) is 12.1 Å². The second kappa shape index (κ2) is 6.02. The Bertz CT molecular complexity index is 372. The maximum absolute atomic E-state index is 13.1. The van der Waals surface area contributed by atoms with Gasteiger partial charge in [-0.05, 0) is 18.6 Å². The summed E-state index contributed by atoms with van der Waals surface area (Å²) in [5, 5.41) is 13.1. The van der Waals surface area contributed by atoms with E-state index in [1.165, 1.54) is 0 Å². The van der Waals surface area contributed by atoms with Crippen molar-refractivity contribution < 1.29 is 18.7 Å². The highest BCUT2D eigenvalue weighted by Crippen LogP contribution is 2.14. The number of rotatable bonds is 4. The molecule has 0 fully saturated rings. The number of urea groups is 1. The molecule has 3 N–H and O–H groups in total. The number of benzene rings is 1. The second-order valence-electron chi connectivity index (χ2n) is 3.08. The Morgan fingerprint density at radius 2 is 2.12 bits per heavy atom. The molecule has 0 heterocycles. The summed E-state index contributed by atoms with van der Waals surface area (Å²) < 4.78 is 25.6. The van der Waals surface area contributed by atoms with E-state index in [0.29, 0.717) is 12.5 Å². The third-order valence-electron chi connectivity index (χ3n) is 1.80. The van der Waals surface area contributed by atoms with Gasteiger partial charge in [-0.1, -0.05) is 0 Å². The molecular weight excluding hydrogens is 218 g/mol. The van der Waals surface area contributed by atoms with Gasteiger partial charge in [0.1, 0.15) is 11.6 Å². The summed E-state index contributed by atoms with van der Waals surface area (Å²) in [4.78, 5) is 11.2. The van der Waals surface area contributed by atoms with Crippen LogP contribution in [0.1, 0.15) is 6.42 Å². The second-order valence-corrected chi connectivity index (χ2v) is 3.08. The molecule has 0 aliphatic carbocycles. The minimum atomic E-state index is -0.836. The number of hydrogen-bond donors (Lipinski definition) is 3. The van der Waals surface area contributed by atoms with Crippen LogP contribution in [0.15, 0.2) is 18.2 Å². The summed E-state index contributed by atoms with van der Waals surface area (Å²) in [7, 11) is 0. The summed E-state index contributed by atoms with van der Waals surface area (Å²) in [6, 6.07) is 2.27. The molecule has 1 aromatic carbocycles. The lowest BCUT2D eigenvalue weighted by atomic mass is 10.3. The van der Waals surface area contributed by atoms with Gasteiger partial charge in [0.05, 0.1) is 5.69 Å². The standard InChI is InChI=1S/C10H12F2N2O2/c11-7-2-3-9(8(12)6-7)14-10(16)13-4-1-5-15/h2-3,6,15H,1,4-5H2,(H2,13,14,16). The lowest BCUT2D eigenvalue weighted by Crippen LogP contribution is -2.30. The number of anilines is 1. The molecule has 1 rings (SSSR count). The van der Waals surface area contributed by atoms with Crippen LogP contribution >= 0.6 is 0 Å². The van der Waals surface area contributed by atoms with Gasteiger partial charge in [-0.2, -0.15) is 0 Å². The summed E-state index contributed by atoms with van der Waals surface area (Å²) in [5.41, 5.74) is -0.0945. The average Bonchev–Trinajstić information content (AvgIpc) is 2.23. The molecule has 0 aliphatic heterocycles. The number of carbonyl (C=O) groups is 1. The van der Waals surface area contributed by atoms with Gasteiger partial charge >= 0.3 is 6.03 Å². The van der Waals surface area contributed by atoms with Crippen LogP contribution in [0.5, 0.6) is 0 Å². The first-order valence-electron chi connectivity index (χ1n) is 4.74. The third kappa shape index (κ3) is 3.82. The lowest BCUT2D eigenvalue weighted by molar-refractivity contribution is 0.248. The molecule has 0 aromatic heterocycles. The molecule has 0 radical (unpaired) electrons. The minimum absolute atomic E-state index is 0.0365. The van der Waals surface area contributed by atoms with E-state index in [9.17, 15) is 13.6 Å². The van der Waals surface area contributed by atoms with Crippen molar-refractivity contribution in [1.29, 1.82) is 0 Å². The largest absolute Gasteiger partial charge is 0.396 e. The number of halogens is 2. The van der Waals surface area contributed by atoms with E-state index in [-0.39, 0.29) is 18.8 Å². The van der Waals surface area contributed by atoms with E-state index in [1.807, 2.05) is 0 Å². The molecule has 1 aromatic rings. The lowest BCUT2D eigenvalue weighted by Gasteiger charge is -2.07. The Morgan fingerprint density at radius 1 is 1.38 bits per heavy atom. The Morgan fingerprint density at radius 3 is 2.75 bits per heavy atom. The molecule has 0 saturated heterocycles. The van der Waals surface area contributed by atoms with Gasteiger partial charge in [0.2, 0.25) is 0 Å². The van der Waals surface area contributed by atoms with Crippen LogP contribution in [0, 0.1) is 11.6 Å². The number of aliphatic hydroxyl groups excluding tert-OH is 1. The highest BCUT2D eigenvalue weighted by atomic mass is 19.1. The molecule has 88 valence electrons. The Hall–Kier alpha value is -1.69. The topological polar surface area (TPSA) is 61.4 Å². The van der Waals surface area contributed by atoms with Crippen LogP contribution in [0.4, 0.5) is 19.3 Å². The fraction of sp³-hybridized carbons (Fsp3) is 0.300. The van der Waals surface area contributed by atoms with Gasteiger partial charge in [0, 0.05) is 19.2 Å². The molecule has 6 heteroatoms. The maximum atomic E-state index is 13.1. The van der Waals surface area contributed by atoms with E-state index in [4.69, 9.17) is 5.11 Å². The monoisotopic (exact) mass is 230 g/mol. The van der Waals surface area contributed by atoms with Crippen LogP contribution in [0.2, 0.25) is 0 Å². The molecule has 2 amide bonds. The molecular formula is C10H12F2N2O2. The van der Waals surface area contributed by atoms with Gasteiger partial charge in [-0.3, -0.25) is 0 Å². The molecule has 0 aliphatic rings. The number of aliphatic hydroxyl groups is 1. The van der Waals surface area contributed by atoms with Crippen molar-refractivity contribution in [2.75, 3.05) is 18.5 Å². The first kappa shape index (κ1) is 12.4. The van der Waals surface area contributed by atoms with Gasteiger partial charge in [0.15, 0.2) is 0 Å². The van der Waals surface area contributed by atoms with Crippen LogP contribution in [0.3, 0.4) is 0 Å². The summed E-state index contributed by atoms with van der Waals surface area (Å²) in [6.45, 7) is 0.246. The highest BCUT2D eigenvalue weighted by Gasteiger charge is 2.06. The van der Waals surface area contributed by atoms with Crippen LogP contribution in [-0.2, 0) is 0 Å². The summed E-state index contributed by atoms with van der Waals surface area (Å²) >= 11 is 0. The summed E-state index contributed by atoms with van der Waals surface area (Å²) in [5.74, 6) is -1.54. The zero-order chi connectivity index (χ0) is 12.0. The van der Waals surface area contributed by atoms with E-state index in [1.54, 1.807) is 0 Å². The fourth-order valence-electron chi connectivity index (χ4n) is 1.04. The van der Waals surface area contributed by atoms with E-state index >= 15 is 0 Å². The molecule has 0 spiro atoms. The molecule has 4 nitrogen and oxygen atoms in total. The normalized spacial score (nSPS) is 9.94. The van der Waals surface area contributed by atoms with Gasteiger partial charge in [-0.15, -0.1) is 0 Å². The zero-order valence-corrected chi connectivity index (χ0v) is 8.46. The van der Waals surface area contributed by atoms with Crippen LogP contribution in [0.25, 0.3) is 0 Å². The predicted molar refractivity (Wildman–Crippen MR) is 55.1 cm³/mol. The SMILES string of the molecule is O=C(NCCCO)Nc1ccc(F)cc1F. The molecule has 0 saturated carbocycles. The van der Waals surface area contributed by atoms with Crippen molar-refractivity contribution in [2.24, 2.45) is 0 Å². The van der Waals surface area contributed by atoms with Gasteiger partial charge in [0.25, 0.3) is 0 Å². The number of nitrogens with one attached hydrogen (secondary N) is 2. The van der Waals surface area contributed by atoms with Crippen molar-refractivity contribution in [1.82, 2.24) is 5.32 Å². The number of hydrogen-bond acceptors (Lipinski definition) is 2. The van der Waals surface area contributed by atoms with Crippen molar-refractivity contribution in [2.45, 2.75) is 6.42 Å². The zero-order valence-electron chi connectivity index (χ0n) is 8.46. The van der Waals surface area contributed by atoms with E-state index < -0.39 is 17.7 Å². The Kier molecular flexibility index (Phi) is 4.65. The van der Waals surface area contributed by atoms with Crippen molar-refractivity contribution >= 4 is 11.7 Å². The Labute approximate surface area is 91.3 Å². The average molecular weight is 230 g/mol. The minimum Gasteiger partial charge on any atom is -0.396 e. The van der Waals surface area contributed by atoms with Crippen LogP contribution < -0.4 is 10.6 Å². The van der Waals surface area contributed by atoms with Crippen molar-refractivity contribution in [3.63, 3.8) is 0 Å². The summed E-state index contributed by atoms with van der Waals surface area (Å²) in [6.07, 6.45) is 0.416. The number of amides is 2. The van der Waals surface area contributed by atoms with Gasteiger partial charge < -0.3 is 15.7 Å². The van der Waals surface area contributed by atoms with Crippen molar-refractivity contribution in [3.8, 4) is 0 Å². The van der Waals surface area contributed by atoms with Crippen molar-refractivity contribution in [3.05, 3.63) is 29.8 Å². The molecule has 0 bridgehead atoms. The smallest absolute Gasteiger partial charge is 0.319 e. The molecule has 0 unspecified atom stereocenters. The predicted octanol–water partition coefficient (Wildman–Crippen LogP) is 1.47. The fourth-order valence-corrected chi connectivity index (χ4v) is 1.04. The molecule has 16 heavy (non-hydrogen) atoms. The van der Waals surface area contributed by atoms with Crippen LogP contribution in [-0.4, -0.2) is 24.3 Å². The first-order valence-corrected chi connectivity index (χ1v) is 4.74. The quantitative estimate of drug-likeness (QED) is 0.686. The number of carbonyl (C=O) groups excluding carboxylic acids is 1.